The third kappa shape index (κ3) is 4.78. The number of benzene rings is 2. The quantitative estimate of drug-likeness (QED) is 0.496. The van der Waals surface area contributed by atoms with E-state index < -0.39 is 5.25 Å². The molecule has 0 aliphatic carbocycles. The maximum atomic E-state index is 12.2. The Labute approximate surface area is 154 Å². The predicted molar refractivity (Wildman–Crippen MR) is 101 cm³/mol. The lowest BCUT2D eigenvalue weighted by atomic mass is 10.1. The molecule has 1 atom stereocenters. The third-order valence-electron chi connectivity index (χ3n) is 3.47. The van der Waals surface area contributed by atoms with E-state index >= 15 is 0 Å². The van der Waals surface area contributed by atoms with Gasteiger partial charge in [-0.05, 0) is 17.7 Å². The number of ketones is 1. The number of nitrogens with one attached hydrogen (secondary N) is 1. The van der Waals surface area contributed by atoms with Crippen LogP contribution >= 0.6 is 23.4 Å². The first-order valence-corrected chi connectivity index (χ1v) is 8.80. The molecule has 7 heteroatoms. The summed E-state index contributed by atoms with van der Waals surface area (Å²) in [7, 11) is 0. The maximum Gasteiger partial charge on any atom is 0.240 e. The van der Waals surface area contributed by atoms with Gasteiger partial charge in [0.25, 0.3) is 0 Å². The Bertz CT molecular complexity index is 835. The van der Waals surface area contributed by atoms with Gasteiger partial charge < -0.3 is 5.32 Å². The SMILES string of the molecule is O=C(C[C@@H]1S/C(=N/N=C\c2ccc(Cl)cc2)NC1=O)c1ccccc1. The van der Waals surface area contributed by atoms with Crippen molar-refractivity contribution in [3.63, 3.8) is 0 Å². The molecule has 1 heterocycles. The molecular formula is C18H14ClN3O2S. The zero-order chi connectivity index (χ0) is 17.6. The summed E-state index contributed by atoms with van der Waals surface area (Å²) < 4.78 is 0. The van der Waals surface area contributed by atoms with E-state index in [1.807, 2.05) is 18.2 Å². The van der Waals surface area contributed by atoms with Crippen LogP contribution in [0.15, 0.2) is 64.8 Å². The highest BCUT2D eigenvalue weighted by molar-refractivity contribution is 8.15. The van der Waals surface area contributed by atoms with Gasteiger partial charge in [-0.3, -0.25) is 9.59 Å². The van der Waals surface area contributed by atoms with E-state index in [1.54, 1.807) is 42.6 Å². The van der Waals surface area contributed by atoms with Crippen molar-refractivity contribution in [1.29, 1.82) is 0 Å². The number of thioether (sulfide) groups is 1. The van der Waals surface area contributed by atoms with Crippen molar-refractivity contribution in [2.75, 3.05) is 0 Å². The first kappa shape index (κ1) is 17.4. The molecule has 1 aliphatic heterocycles. The molecule has 3 rings (SSSR count). The number of rotatable bonds is 5. The van der Waals surface area contributed by atoms with Gasteiger partial charge in [-0.15, -0.1) is 5.10 Å². The fourth-order valence-corrected chi connectivity index (χ4v) is 3.24. The van der Waals surface area contributed by atoms with Crippen LogP contribution in [0.5, 0.6) is 0 Å². The van der Waals surface area contributed by atoms with Crippen molar-refractivity contribution in [1.82, 2.24) is 5.32 Å². The third-order valence-corrected chi connectivity index (χ3v) is 4.79. The summed E-state index contributed by atoms with van der Waals surface area (Å²) in [5.74, 6) is -0.297. The summed E-state index contributed by atoms with van der Waals surface area (Å²) in [5.41, 5.74) is 1.45. The van der Waals surface area contributed by atoms with Gasteiger partial charge in [0, 0.05) is 17.0 Å². The second-order valence-electron chi connectivity index (χ2n) is 5.29. The number of amides is 1. The van der Waals surface area contributed by atoms with Gasteiger partial charge in [0.2, 0.25) is 5.91 Å². The summed E-state index contributed by atoms with van der Waals surface area (Å²) in [6.07, 6.45) is 1.69. The minimum Gasteiger partial charge on any atom is -0.303 e. The van der Waals surface area contributed by atoms with E-state index in [0.717, 1.165) is 5.56 Å². The number of hydrogen-bond acceptors (Lipinski definition) is 5. The number of nitrogens with zero attached hydrogens (tertiary/aromatic N) is 2. The van der Waals surface area contributed by atoms with E-state index in [1.165, 1.54) is 11.8 Å². The molecule has 1 N–H and O–H groups in total. The Kier molecular flexibility index (Phi) is 5.63. The minimum atomic E-state index is -0.489. The molecule has 0 unspecified atom stereocenters. The summed E-state index contributed by atoms with van der Waals surface area (Å²) >= 11 is 7.03. The molecule has 0 saturated carbocycles. The van der Waals surface area contributed by atoms with Crippen LogP contribution in [0.3, 0.4) is 0 Å². The van der Waals surface area contributed by atoms with Crippen LogP contribution in [-0.4, -0.2) is 28.3 Å². The highest BCUT2D eigenvalue weighted by Crippen LogP contribution is 2.24. The summed E-state index contributed by atoms with van der Waals surface area (Å²) in [5, 5.41) is 11.1. The van der Waals surface area contributed by atoms with Crippen LogP contribution in [0.2, 0.25) is 5.02 Å². The van der Waals surface area contributed by atoms with Gasteiger partial charge in [-0.2, -0.15) is 5.10 Å². The molecule has 5 nitrogen and oxygen atoms in total. The van der Waals surface area contributed by atoms with Crippen molar-refractivity contribution in [3.05, 3.63) is 70.7 Å². The largest absolute Gasteiger partial charge is 0.303 e. The Morgan fingerprint density at radius 1 is 1.16 bits per heavy atom. The monoisotopic (exact) mass is 371 g/mol. The number of Topliss-reactive ketones (excluding diaryl/α,β-unsaturated/α-hetero) is 1. The van der Waals surface area contributed by atoms with E-state index in [2.05, 4.69) is 15.5 Å². The van der Waals surface area contributed by atoms with Gasteiger partial charge in [-0.1, -0.05) is 65.8 Å². The van der Waals surface area contributed by atoms with E-state index in [-0.39, 0.29) is 18.1 Å². The molecular weight excluding hydrogens is 358 g/mol. The summed E-state index contributed by atoms with van der Waals surface area (Å²) in [6.45, 7) is 0. The Hall–Kier alpha value is -2.44. The predicted octanol–water partition coefficient (Wildman–Crippen LogP) is 3.53. The Morgan fingerprint density at radius 3 is 2.60 bits per heavy atom. The van der Waals surface area contributed by atoms with Gasteiger partial charge in [0.05, 0.1) is 11.5 Å². The number of halogens is 1. The van der Waals surface area contributed by atoms with Crippen molar-refractivity contribution in [2.24, 2.45) is 10.2 Å². The lowest BCUT2D eigenvalue weighted by Gasteiger charge is -2.04. The Balaban J connectivity index is 1.60. The molecule has 1 saturated heterocycles. The molecule has 0 aromatic heterocycles. The molecule has 1 fully saturated rings. The Morgan fingerprint density at radius 2 is 1.88 bits per heavy atom. The highest BCUT2D eigenvalue weighted by atomic mass is 35.5. The standard InChI is InChI=1S/C18H14ClN3O2S/c19-14-8-6-12(7-9-14)11-20-22-18-21-17(24)16(25-18)10-15(23)13-4-2-1-3-5-13/h1-9,11,16H,10H2,(H,21,22,24)/b20-11-/t16-/m0/s1. The van der Waals surface area contributed by atoms with Crippen LogP contribution in [0.1, 0.15) is 22.3 Å². The second kappa shape index (κ2) is 8.09. The zero-order valence-corrected chi connectivity index (χ0v) is 14.6. The van der Waals surface area contributed by atoms with Crippen LogP contribution in [0, 0.1) is 0 Å². The van der Waals surface area contributed by atoms with Crippen molar-refractivity contribution >= 4 is 46.4 Å². The lowest BCUT2D eigenvalue weighted by Crippen LogP contribution is -2.26. The molecule has 2 aromatic carbocycles. The molecule has 2 aromatic rings. The van der Waals surface area contributed by atoms with Crippen LogP contribution in [-0.2, 0) is 4.79 Å². The first-order valence-electron chi connectivity index (χ1n) is 7.54. The van der Waals surface area contributed by atoms with Gasteiger partial charge in [0.15, 0.2) is 11.0 Å². The molecule has 0 bridgehead atoms. The van der Waals surface area contributed by atoms with Crippen LogP contribution in [0.4, 0.5) is 0 Å². The fraction of sp³-hybridized carbons (Fsp3) is 0.111. The van der Waals surface area contributed by atoms with Gasteiger partial charge in [-0.25, -0.2) is 0 Å². The molecule has 25 heavy (non-hydrogen) atoms. The molecule has 0 radical (unpaired) electrons. The molecule has 0 spiro atoms. The van der Waals surface area contributed by atoms with Crippen LogP contribution < -0.4 is 5.32 Å². The topological polar surface area (TPSA) is 70.9 Å². The molecule has 1 aliphatic rings. The summed E-state index contributed by atoms with van der Waals surface area (Å²) in [6, 6.07) is 16.1. The fourth-order valence-electron chi connectivity index (χ4n) is 2.19. The van der Waals surface area contributed by atoms with Crippen LogP contribution in [0.25, 0.3) is 0 Å². The average Bonchev–Trinajstić information content (AvgIpc) is 2.97. The lowest BCUT2D eigenvalue weighted by molar-refractivity contribution is -0.118. The zero-order valence-electron chi connectivity index (χ0n) is 13.1. The number of hydrogen-bond donors (Lipinski definition) is 1. The molecule has 126 valence electrons. The molecule has 1 amide bonds. The van der Waals surface area contributed by atoms with Crippen molar-refractivity contribution in [2.45, 2.75) is 11.7 Å². The maximum absolute atomic E-state index is 12.2. The minimum absolute atomic E-state index is 0.0702. The summed E-state index contributed by atoms with van der Waals surface area (Å²) in [4.78, 5) is 24.2. The van der Waals surface area contributed by atoms with Gasteiger partial charge >= 0.3 is 0 Å². The second-order valence-corrected chi connectivity index (χ2v) is 6.92. The number of carbonyl (C=O) groups is 2. The average molecular weight is 372 g/mol. The van der Waals surface area contributed by atoms with E-state index in [0.29, 0.717) is 15.8 Å². The van der Waals surface area contributed by atoms with E-state index in [9.17, 15) is 9.59 Å². The van der Waals surface area contributed by atoms with Crippen molar-refractivity contribution in [3.8, 4) is 0 Å². The number of amidine groups is 1. The van der Waals surface area contributed by atoms with Gasteiger partial charge in [0.1, 0.15) is 0 Å². The van der Waals surface area contributed by atoms with E-state index in [4.69, 9.17) is 11.6 Å². The highest BCUT2D eigenvalue weighted by Gasteiger charge is 2.32. The number of carbonyl (C=O) groups excluding carboxylic acids is 2. The smallest absolute Gasteiger partial charge is 0.240 e. The normalized spacial score (nSPS) is 18.7. The first-order chi connectivity index (χ1) is 12.1. The van der Waals surface area contributed by atoms with Crippen molar-refractivity contribution < 1.29 is 9.59 Å².